The highest BCUT2D eigenvalue weighted by Gasteiger charge is 2.13. The van der Waals surface area contributed by atoms with Crippen molar-refractivity contribution in [1.29, 1.82) is 0 Å². The molecule has 1 aliphatic heterocycles. The lowest BCUT2D eigenvalue weighted by molar-refractivity contribution is 0.565. The number of thiophene rings is 1. The van der Waals surface area contributed by atoms with E-state index in [1.165, 1.54) is 9.75 Å². The van der Waals surface area contributed by atoms with Crippen LogP contribution in [-0.4, -0.2) is 16.3 Å². The summed E-state index contributed by atoms with van der Waals surface area (Å²) in [4.78, 5) is 14.6. The Labute approximate surface area is 116 Å². The van der Waals surface area contributed by atoms with Crippen LogP contribution >= 0.6 is 11.3 Å². The molecular weight excluding hydrogens is 258 g/mol. The van der Waals surface area contributed by atoms with Gasteiger partial charge in [0.15, 0.2) is 0 Å². The Balaban J connectivity index is 1.90. The summed E-state index contributed by atoms with van der Waals surface area (Å²) in [5, 5.41) is 7.78. The number of aryl methyl sites for hydroxylation is 1. The molecule has 5 heteroatoms. The van der Waals surface area contributed by atoms with Gasteiger partial charge in [0.25, 0.3) is 5.56 Å². The van der Waals surface area contributed by atoms with Gasteiger partial charge in [0.05, 0.1) is 12.2 Å². The zero-order valence-corrected chi connectivity index (χ0v) is 11.8. The van der Waals surface area contributed by atoms with Gasteiger partial charge >= 0.3 is 0 Å². The average molecular weight is 275 g/mol. The van der Waals surface area contributed by atoms with Crippen LogP contribution in [-0.2, 0) is 25.9 Å². The van der Waals surface area contributed by atoms with Crippen molar-refractivity contribution in [3.8, 4) is 0 Å². The molecular formula is C14H17N3OS. The number of hydrogen-bond acceptors (Lipinski definition) is 4. The minimum absolute atomic E-state index is 0.00565. The highest BCUT2D eigenvalue weighted by atomic mass is 32.1. The topological polar surface area (TPSA) is 46.9 Å². The minimum Gasteiger partial charge on any atom is -0.312 e. The first-order valence-electron chi connectivity index (χ1n) is 6.64. The largest absolute Gasteiger partial charge is 0.312 e. The third-order valence-corrected chi connectivity index (χ3v) is 4.60. The van der Waals surface area contributed by atoms with Gasteiger partial charge in [-0.1, -0.05) is 6.92 Å². The van der Waals surface area contributed by atoms with E-state index in [2.05, 4.69) is 29.5 Å². The second-order valence-corrected chi connectivity index (χ2v) is 6.01. The predicted molar refractivity (Wildman–Crippen MR) is 76.7 cm³/mol. The molecule has 19 heavy (non-hydrogen) atoms. The molecule has 0 spiro atoms. The van der Waals surface area contributed by atoms with Crippen LogP contribution in [0, 0.1) is 0 Å². The Kier molecular flexibility index (Phi) is 3.48. The van der Waals surface area contributed by atoms with Crippen LogP contribution in [0.15, 0.2) is 23.0 Å². The van der Waals surface area contributed by atoms with Gasteiger partial charge in [-0.3, -0.25) is 4.79 Å². The number of aromatic nitrogens is 2. The molecule has 0 bridgehead atoms. The maximum absolute atomic E-state index is 12.0. The summed E-state index contributed by atoms with van der Waals surface area (Å²) in [5.74, 6) is 0. The van der Waals surface area contributed by atoms with Gasteiger partial charge < -0.3 is 5.32 Å². The quantitative estimate of drug-likeness (QED) is 0.925. The van der Waals surface area contributed by atoms with Crippen molar-refractivity contribution in [1.82, 2.24) is 15.1 Å². The molecule has 0 radical (unpaired) electrons. The minimum atomic E-state index is -0.00565. The van der Waals surface area contributed by atoms with Crippen molar-refractivity contribution in [3.05, 3.63) is 49.6 Å². The molecule has 0 amide bonds. The summed E-state index contributed by atoms with van der Waals surface area (Å²) in [7, 11) is 0. The highest BCUT2D eigenvalue weighted by Crippen LogP contribution is 2.17. The molecule has 3 rings (SSSR count). The van der Waals surface area contributed by atoms with Crippen molar-refractivity contribution >= 4 is 11.3 Å². The number of nitrogens with zero attached hydrogens (tertiary/aromatic N) is 2. The molecule has 0 aliphatic carbocycles. The van der Waals surface area contributed by atoms with Crippen LogP contribution < -0.4 is 10.9 Å². The van der Waals surface area contributed by atoms with Gasteiger partial charge in [-0.05, 0) is 24.1 Å². The van der Waals surface area contributed by atoms with E-state index in [9.17, 15) is 4.79 Å². The van der Waals surface area contributed by atoms with Crippen molar-refractivity contribution in [2.75, 3.05) is 6.54 Å². The smallest absolute Gasteiger partial charge is 0.267 e. The van der Waals surface area contributed by atoms with Crippen LogP contribution in [0.4, 0.5) is 0 Å². The number of hydrogen-bond donors (Lipinski definition) is 1. The molecule has 1 aliphatic rings. The first-order valence-corrected chi connectivity index (χ1v) is 7.46. The Morgan fingerprint density at radius 2 is 2.26 bits per heavy atom. The number of nitrogens with one attached hydrogen (secondary N) is 1. The standard InChI is InChI=1S/C14H17N3OS/c1-2-11-3-4-12(19-11)9-17-14(18)7-10-8-15-6-5-13(10)16-17/h3-4,7,15H,2,5-6,8-9H2,1H3. The summed E-state index contributed by atoms with van der Waals surface area (Å²) >= 11 is 1.76. The van der Waals surface area contributed by atoms with Gasteiger partial charge in [-0.25, -0.2) is 4.68 Å². The Hall–Kier alpha value is -1.46. The van der Waals surface area contributed by atoms with Gasteiger partial charge in [-0.2, -0.15) is 5.10 Å². The molecule has 0 unspecified atom stereocenters. The molecule has 3 heterocycles. The molecule has 1 N–H and O–H groups in total. The van der Waals surface area contributed by atoms with Crippen LogP contribution in [0.25, 0.3) is 0 Å². The summed E-state index contributed by atoms with van der Waals surface area (Å²) in [6.07, 6.45) is 1.95. The van der Waals surface area contributed by atoms with E-state index < -0.39 is 0 Å². The van der Waals surface area contributed by atoms with Crippen LogP contribution in [0.2, 0.25) is 0 Å². The summed E-state index contributed by atoms with van der Waals surface area (Å²) in [6, 6.07) is 5.95. The van der Waals surface area contributed by atoms with Crippen molar-refractivity contribution in [3.63, 3.8) is 0 Å². The first-order chi connectivity index (χ1) is 9.26. The molecule has 100 valence electrons. The van der Waals surface area contributed by atoms with Crippen molar-refractivity contribution < 1.29 is 0 Å². The molecule has 2 aromatic heterocycles. The van der Waals surface area contributed by atoms with E-state index in [0.29, 0.717) is 6.54 Å². The van der Waals surface area contributed by atoms with Crippen LogP contribution in [0.3, 0.4) is 0 Å². The van der Waals surface area contributed by atoms with E-state index >= 15 is 0 Å². The third kappa shape index (κ3) is 2.62. The molecule has 0 aromatic carbocycles. The zero-order valence-electron chi connectivity index (χ0n) is 11.0. The third-order valence-electron chi connectivity index (χ3n) is 3.39. The van der Waals surface area contributed by atoms with E-state index in [1.807, 2.05) is 0 Å². The normalized spacial score (nSPS) is 14.4. The first kappa shape index (κ1) is 12.6. The van der Waals surface area contributed by atoms with Crippen molar-refractivity contribution in [2.24, 2.45) is 0 Å². The van der Waals surface area contributed by atoms with Gasteiger partial charge in [0.1, 0.15) is 0 Å². The maximum atomic E-state index is 12.0. The number of rotatable bonds is 3. The van der Waals surface area contributed by atoms with E-state index in [0.717, 1.165) is 37.2 Å². The lowest BCUT2D eigenvalue weighted by Crippen LogP contribution is -2.31. The molecule has 4 nitrogen and oxygen atoms in total. The van der Waals surface area contributed by atoms with Gasteiger partial charge in [0, 0.05) is 35.3 Å². The fourth-order valence-corrected chi connectivity index (χ4v) is 3.26. The van der Waals surface area contributed by atoms with Gasteiger partial charge in [-0.15, -0.1) is 11.3 Å². The van der Waals surface area contributed by atoms with E-state index in [-0.39, 0.29) is 5.56 Å². The Morgan fingerprint density at radius 3 is 3.05 bits per heavy atom. The monoisotopic (exact) mass is 275 g/mol. The Bertz CT molecular complexity index is 644. The summed E-state index contributed by atoms with van der Waals surface area (Å²) in [5.41, 5.74) is 2.10. The molecule has 0 saturated heterocycles. The van der Waals surface area contributed by atoms with E-state index in [4.69, 9.17) is 0 Å². The maximum Gasteiger partial charge on any atom is 0.267 e. The van der Waals surface area contributed by atoms with Crippen LogP contribution in [0.1, 0.15) is 27.9 Å². The Morgan fingerprint density at radius 1 is 1.42 bits per heavy atom. The molecule has 0 fully saturated rings. The molecule has 0 saturated carbocycles. The molecule has 0 atom stereocenters. The SMILES string of the molecule is CCc1ccc(Cn2nc3c(cc2=O)CNCC3)s1. The predicted octanol–water partition coefficient (Wildman–Crippen LogP) is 1.56. The second-order valence-electron chi connectivity index (χ2n) is 4.76. The number of fused-ring (bicyclic) bond motifs is 1. The lowest BCUT2D eigenvalue weighted by Gasteiger charge is -2.16. The lowest BCUT2D eigenvalue weighted by atomic mass is 10.1. The fraction of sp³-hybridized carbons (Fsp3) is 0.429. The van der Waals surface area contributed by atoms with Crippen LogP contribution in [0.5, 0.6) is 0 Å². The second kappa shape index (κ2) is 5.27. The van der Waals surface area contributed by atoms with Crippen molar-refractivity contribution in [2.45, 2.75) is 32.9 Å². The van der Waals surface area contributed by atoms with E-state index in [1.54, 1.807) is 22.1 Å². The average Bonchev–Trinajstić information content (AvgIpc) is 2.87. The summed E-state index contributed by atoms with van der Waals surface area (Å²) < 4.78 is 1.59. The molecule has 2 aromatic rings. The van der Waals surface area contributed by atoms with Gasteiger partial charge in [0.2, 0.25) is 0 Å². The summed E-state index contributed by atoms with van der Waals surface area (Å²) in [6.45, 7) is 4.44. The fourth-order valence-electron chi connectivity index (χ4n) is 2.32. The highest BCUT2D eigenvalue weighted by molar-refractivity contribution is 7.11. The zero-order chi connectivity index (χ0) is 13.2.